The number of nitrogens with zero attached hydrogens (tertiary/aromatic N) is 1. The standard InChI is InChI=1S/C16H16N2O3/c1-10(2)13-8-14(18-17-13)16(19)20-9-12-7-11-5-3-4-6-15(11)21-12/h3-8,10H,9H2,1-2H3,(H,17,18). The van der Waals surface area contributed by atoms with Gasteiger partial charge in [0.2, 0.25) is 0 Å². The molecule has 1 N–H and O–H groups in total. The van der Waals surface area contributed by atoms with Gasteiger partial charge in [-0.25, -0.2) is 4.79 Å². The Labute approximate surface area is 121 Å². The summed E-state index contributed by atoms with van der Waals surface area (Å²) in [7, 11) is 0. The van der Waals surface area contributed by atoms with E-state index >= 15 is 0 Å². The first-order valence-corrected chi connectivity index (χ1v) is 6.83. The van der Waals surface area contributed by atoms with Gasteiger partial charge in [0.15, 0.2) is 5.69 Å². The topological polar surface area (TPSA) is 68.1 Å². The molecule has 2 heterocycles. The molecule has 3 rings (SSSR count). The number of carbonyl (C=O) groups is 1. The number of carbonyl (C=O) groups excluding carboxylic acids is 1. The molecule has 0 spiro atoms. The van der Waals surface area contributed by atoms with E-state index in [-0.39, 0.29) is 18.2 Å². The predicted molar refractivity (Wildman–Crippen MR) is 78.0 cm³/mol. The molecular formula is C16H16N2O3. The molecule has 21 heavy (non-hydrogen) atoms. The van der Waals surface area contributed by atoms with E-state index in [0.717, 1.165) is 16.7 Å². The number of ether oxygens (including phenoxy) is 1. The summed E-state index contributed by atoms with van der Waals surface area (Å²) >= 11 is 0. The third-order valence-electron chi connectivity index (χ3n) is 3.25. The van der Waals surface area contributed by atoms with E-state index in [4.69, 9.17) is 9.15 Å². The van der Waals surface area contributed by atoms with Crippen LogP contribution < -0.4 is 0 Å². The van der Waals surface area contributed by atoms with Crippen LogP contribution in [0, 0.1) is 0 Å². The van der Waals surface area contributed by atoms with Gasteiger partial charge >= 0.3 is 5.97 Å². The van der Waals surface area contributed by atoms with E-state index in [1.807, 2.05) is 44.2 Å². The third kappa shape index (κ3) is 2.81. The van der Waals surface area contributed by atoms with Crippen molar-refractivity contribution in [3.05, 3.63) is 53.5 Å². The minimum atomic E-state index is -0.460. The molecule has 108 valence electrons. The van der Waals surface area contributed by atoms with Gasteiger partial charge in [-0.1, -0.05) is 32.0 Å². The molecule has 0 aliphatic heterocycles. The Morgan fingerprint density at radius 2 is 2.14 bits per heavy atom. The van der Waals surface area contributed by atoms with Crippen LogP contribution in [0.4, 0.5) is 0 Å². The average molecular weight is 284 g/mol. The number of hydrogen-bond donors (Lipinski definition) is 1. The molecule has 0 saturated carbocycles. The summed E-state index contributed by atoms with van der Waals surface area (Å²) in [6.45, 7) is 4.14. The van der Waals surface area contributed by atoms with Crippen LogP contribution in [0.3, 0.4) is 0 Å². The van der Waals surface area contributed by atoms with Crippen molar-refractivity contribution in [3.8, 4) is 0 Å². The summed E-state index contributed by atoms with van der Waals surface area (Å²) < 4.78 is 10.8. The molecule has 0 atom stereocenters. The summed E-state index contributed by atoms with van der Waals surface area (Å²) in [6, 6.07) is 11.2. The summed E-state index contributed by atoms with van der Waals surface area (Å²) in [5.74, 6) is 0.442. The molecule has 0 aliphatic carbocycles. The van der Waals surface area contributed by atoms with E-state index in [2.05, 4.69) is 10.2 Å². The zero-order valence-electron chi connectivity index (χ0n) is 11.9. The van der Waals surface area contributed by atoms with Crippen molar-refractivity contribution in [3.63, 3.8) is 0 Å². The zero-order chi connectivity index (χ0) is 14.8. The van der Waals surface area contributed by atoms with Crippen molar-refractivity contribution in [2.24, 2.45) is 0 Å². The van der Waals surface area contributed by atoms with Gasteiger partial charge in [0, 0.05) is 11.1 Å². The van der Waals surface area contributed by atoms with E-state index < -0.39 is 5.97 Å². The van der Waals surface area contributed by atoms with Crippen molar-refractivity contribution < 1.29 is 13.9 Å². The normalized spacial score (nSPS) is 11.2. The van der Waals surface area contributed by atoms with Gasteiger partial charge in [0.1, 0.15) is 18.0 Å². The molecule has 0 unspecified atom stereocenters. The maximum absolute atomic E-state index is 11.9. The molecule has 0 aliphatic rings. The number of aromatic nitrogens is 2. The maximum Gasteiger partial charge on any atom is 0.359 e. The summed E-state index contributed by atoms with van der Waals surface area (Å²) in [5.41, 5.74) is 1.98. The van der Waals surface area contributed by atoms with Crippen LogP contribution >= 0.6 is 0 Å². The Bertz CT molecular complexity index is 738. The van der Waals surface area contributed by atoms with Crippen molar-refractivity contribution in [2.45, 2.75) is 26.4 Å². The van der Waals surface area contributed by atoms with Crippen LogP contribution in [-0.4, -0.2) is 16.2 Å². The molecule has 0 radical (unpaired) electrons. The lowest BCUT2D eigenvalue weighted by Crippen LogP contribution is -2.05. The molecule has 5 heteroatoms. The average Bonchev–Trinajstić information content (AvgIpc) is 3.11. The van der Waals surface area contributed by atoms with Crippen molar-refractivity contribution in [2.75, 3.05) is 0 Å². The van der Waals surface area contributed by atoms with Crippen molar-refractivity contribution >= 4 is 16.9 Å². The zero-order valence-corrected chi connectivity index (χ0v) is 11.9. The van der Waals surface area contributed by atoms with Gasteiger partial charge in [-0.15, -0.1) is 0 Å². The SMILES string of the molecule is CC(C)c1cc(C(=O)OCc2cc3ccccc3o2)n[nH]1. The summed E-state index contributed by atoms with van der Waals surface area (Å²) in [6.07, 6.45) is 0. The lowest BCUT2D eigenvalue weighted by molar-refractivity contribution is 0.0440. The van der Waals surface area contributed by atoms with Crippen LogP contribution in [0.1, 0.15) is 41.7 Å². The molecule has 5 nitrogen and oxygen atoms in total. The number of para-hydroxylation sites is 1. The Kier molecular flexibility index (Phi) is 3.48. The van der Waals surface area contributed by atoms with Crippen LogP contribution in [0.5, 0.6) is 0 Å². The lowest BCUT2D eigenvalue weighted by Gasteiger charge is -1.99. The number of benzene rings is 1. The Hall–Kier alpha value is -2.56. The van der Waals surface area contributed by atoms with Crippen LogP contribution in [0.15, 0.2) is 40.8 Å². The fourth-order valence-corrected chi connectivity index (χ4v) is 2.06. The summed E-state index contributed by atoms with van der Waals surface area (Å²) in [5, 5.41) is 7.78. The van der Waals surface area contributed by atoms with E-state index in [9.17, 15) is 4.79 Å². The van der Waals surface area contributed by atoms with Crippen molar-refractivity contribution in [1.29, 1.82) is 0 Å². The number of nitrogens with one attached hydrogen (secondary N) is 1. The van der Waals surface area contributed by atoms with E-state index in [1.54, 1.807) is 6.07 Å². The third-order valence-corrected chi connectivity index (χ3v) is 3.25. The number of furan rings is 1. The first-order chi connectivity index (χ1) is 10.1. The fraction of sp³-hybridized carbons (Fsp3) is 0.250. The predicted octanol–water partition coefficient (Wildman–Crippen LogP) is 3.64. The highest BCUT2D eigenvalue weighted by atomic mass is 16.5. The highest BCUT2D eigenvalue weighted by molar-refractivity contribution is 5.87. The van der Waals surface area contributed by atoms with Gasteiger partial charge < -0.3 is 9.15 Å². The second-order valence-corrected chi connectivity index (χ2v) is 5.19. The molecule has 0 bridgehead atoms. The van der Waals surface area contributed by atoms with Crippen molar-refractivity contribution in [1.82, 2.24) is 10.2 Å². The second-order valence-electron chi connectivity index (χ2n) is 5.19. The first-order valence-electron chi connectivity index (χ1n) is 6.83. The van der Waals surface area contributed by atoms with Gasteiger partial charge in [-0.2, -0.15) is 5.10 Å². The second kappa shape index (κ2) is 5.44. The van der Waals surface area contributed by atoms with Gasteiger partial charge in [0.25, 0.3) is 0 Å². The minimum absolute atomic E-state index is 0.0946. The monoisotopic (exact) mass is 284 g/mol. The number of H-pyrrole nitrogens is 1. The van der Waals surface area contributed by atoms with Gasteiger partial charge in [0.05, 0.1) is 0 Å². The van der Waals surface area contributed by atoms with Crippen LogP contribution in [-0.2, 0) is 11.3 Å². The molecule has 0 amide bonds. The fourth-order valence-electron chi connectivity index (χ4n) is 2.06. The quantitative estimate of drug-likeness (QED) is 0.743. The minimum Gasteiger partial charge on any atom is -0.457 e. The molecule has 0 saturated heterocycles. The molecule has 3 aromatic rings. The van der Waals surface area contributed by atoms with Gasteiger partial charge in [-0.3, -0.25) is 5.10 Å². The first kappa shape index (κ1) is 13.4. The van der Waals surface area contributed by atoms with Gasteiger partial charge in [-0.05, 0) is 24.1 Å². The highest BCUT2D eigenvalue weighted by Gasteiger charge is 2.14. The number of hydrogen-bond acceptors (Lipinski definition) is 4. The summed E-state index contributed by atoms with van der Waals surface area (Å²) in [4.78, 5) is 11.9. The highest BCUT2D eigenvalue weighted by Crippen LogP contribution is 2.20. The molecule has 0 fully saturated rings. The Balaban J connectivity index is 1.67. The molecular weight excluding hydrogens is 268 g/mol. The largest absolute Gasteiger partial charge is 0.457 e. The lowest BCUT2D eigenvalue weighted by atomic mass is 10.1. The number of aromatic amines is 1. The molecule has 2 aromatic heterocycles. The Morgan fingerprint density at radius 3 is 2.86 bits per heavy atom. The molecule has 1 aromatic carbocycles. The van der Waals surface area contributed by atoms with E-state index in [1.165, 1.54) is 0 Å². The maximum atomic E-state index is 11.9. The number of esters is 1. The van der Waals surface area contributed by atoms with Crippen LogP contribution in [0.2, 0.25) is 0 Å². The van der Waals surface area contributed by atoms with Crippen LogP contribution in [0.25, 0.3) is 11.0 Å². The Morgan fingerprint density at radius 1 is 1.33 bits per heavy atom. The number of fused-ring (bicyclic) bond motifs is 1. The van der Waals surface area contributed by atoms with E-state index in [0.29, 0.717) is 5.76 Å². The number of rotatable bonds is 4. The smallest absolute Gasteiger partial charge is 0.359 e.